The summed E-state index contributed by atoms with van der Waals surface area (Å²) in [5, 5.41) is 2.85. The quantitative estimate of drug-likeness (QED) is 0.807. The largest absolute Gasteiger partial charge is 0.376 e. The van der Waals surface area contributed by atoms with Gasteiger partial charge in [0, 0.05) is 30.3 Å². The van der Waals surface area contributed by atoms with Crippen molar-refractivity contribution in [1.29, 1.82) is 0 Å². The van der Waals surface area contributed by atoms with E-state index in [2.05, 4.69) is 5.32 Å². The molecule has 116 valence electrons. The molecule has 1 amide bonds. The number of hydrogen-bond donors (Lipinski definition) is 1. The number of rotatable bonds is 6. The number of nitrogens with one attached hydrogen (secondary N) is 1. The first-order chi connectivity index (χ1) is 9.95. The molecule has 1 aliphatic heterocycles. The zero-order valence-corrected chi connectivity index (χ0v) is 13.1. The molecule has 0 bridgehead atoms. The normalized spacial score (nSPS) is 18.6. The minimum absolute atomic E-state index is 0.0282. The van der Waals surface area contributed by atoms with Gasteiger partial charge in [0.1, 0.15) is 0 Å². The highest BCUT2D eigenvalue weighted by atomic mass is 35.7. The summed E-state index contributed by atoms with van der Waals surface area (Å²) in [6.45, 7) is 1.33. The van der Waals surface area contributed by atoms with Crippen LogP contribution < -0.4 is 5.32 Å². The Labute approximate surface area is 129 Å². The fraction of sp³-hybridized carbons (Fsp3) is 0.500. The zero-order valence-electron chi connectivity index (χ0n) is 11.5. The third-order valence-electron chi connectivity index (χ3n) is 3.40. The van der Waals surface area contributed by atoms with Crippen LogP contribution in [0.4, 0.5) is 0 Å². The van der Waals surface area contributed by atoms with E-state index >= 15 is 0 Å². The van der Waals surface area contributed by atoms with Gasteiger partial charge in [0.05, 0.1) is 11.0 Å². The van der Waals surface area contributed by atoms with Gasteiger partial charge in [0.2, 0.25) is 5.91 Å². The highest BCUT2D eigenvalue weighted by Crippen LogP contribution is 2.16. The molecule has 0 radical (unpaired) electrons. The van der Waals surface area contributed by atoms with E-state index in [1.807, 2.05) is 0 Å². The maximum atomic E-state index is 11.7. The molecule has 2 rings (SSSR count). The molecule has 1 N–H and O–H groups in total. The zero-order chi connectivity index (χ0) is 15.3. The molecule has 5 nitrogen and oxygen atoms in total. The lowest BCUT2D eigenvalue weighted by atomic mass is 10.1. The predicted octanol–water partition coefficient (Wildman–Crippen LogP) is 1.84. The molecule has 1 aromatic carbocycles. The van der Waals surface area contributed by atoms with E-state index in [1.165, 1.54) is 12.1 Å². The summed E-state index contributed by atoms with van der Waals surface area (Å²) in [4.78, 5) is 11.8. The number of carbonyl (C=O) groups is 1. The van der Waals surface area contributed by atoms with E-state index in [9.17, 15) is 13.2 Å². The number of amides is 1. The number of hydrogen-bond acceptors (Lipinski definition) is 4. The van der Waals surface area contributed by atoms with Crippen LogP contribution in [0.5, 0.6) is 0 Å². The average molecular weight is 332 g/mol. The maximum Gasteiger partial charge on any atom is 0.261 e. The van der Waals surface area contributed by atoms with E-state index < -0.39 is 9.05 Å². The van der Waals surface area contributed by atoms with Gasteiger partial charge in [0.25, 0.3) is 9.05 Å². The SMILES string of the molecule is O=C(CCc1ccc(S(=O)(=O)Cl)cc1)NCC1CCCO1. The Bertz CT molecular complexity index is 579. The molecule has 1 unspecified atom stereocenters. The monoisotopic (exact) mass is 331 g/mol. The molecule has 0 spiro atoms. The van der Waals surface area contributed by atoms with E-state index in [0.29, 0.717) is 19.4 Å². The van der Waals surface area contributed by atoms with Gasteiger partial charge in [-0.1, -0.05) is 12.1 Å². The smallest absolute Gasteiger partial charge is 0.261 e. The van der Waals surface area contributed by atoms with Gasteiger partial charge in [0.15, 0.2) is 0 Å². The molecule has 0 aromatic heterocycles. The molecule has 21 heavy (non-hydrogen) atoms. The fourth-order valence-corrected chi connectivity index (χ4v) is 2.97. The highest BCUT2D eigenvalue weighted by molar-refractivity contribution is 8.13. The highest BCUT2D eigenvalue weighted by Gasteiger charge is 2.16. The van der Waals surface area contributed by atoms with Crippen LogP contribution in [-0.4, -0.2) is 33.6 Å². The lowest BCUT2D eigenvalue weighted by Crippen LogP contribution is -2.31. The summed E-state index contributed by atoms with van der Waals surface area (Å²) >= 11 is 0. The van der Waals surface area contributed by atoms with Gasteiger partial charge in [-0.05, 0) is 37.0 Å². The van der Waals surface area contributed by atoms with Crippen LogP contribution in [0.1, 0.15) is 24.8 Å². The molecule has 1 aliphatic rings. The van der Waals surface area contributed by atoms with Crippen molar-refractivity contribution in [1.82, 2.24) is 5.32 Å². The molecular formula is C14H18ClNO4S. The Kier molecular flexibility index (Phi) is 5.61. The van der Waals surface area contributed by atoms with Crippen molar-refractivity contribution in [3.05, 3.63) is 29.8 Å². The van der Waals surface area contributed by atoms with Crippen molar-refractivity contribution in [3.8, 4) is 0 Å². The van der Waals surface area contributed by atoms with Gasteiger partial charge in [-0.25, -0.2) is 8.42 Å². The number of aryl methyl sites for hydroxylation is 1. The molecule has 1 saturated heterocycles. The molecule has 0 aliphatic carbocycles. The van der Waals surface area contributed by atoms with Gasteiger partial charge in [-0.2, -0.15) is 0 Å². The molecule has 1 heterocycles. The van der Waals surface area contributed by atoms with Gasteiger partial charge >= 0.3 is 0 Å². The van der Waals surface area contributed by atoms with Crippen molar-refractivity contribution < 1.29 is 17.9 Å². The second-order valence-corrected chi connectivity index (χ2v) is 7.59. The predicted molar refractivity (Wildman–Crippen MR) is 79.8 cm³/mol. The lowest BCUT2D eigenvalue weighted by Gasteiger charge is -2.10. The second-order valence-electron chi connectivity index (χ2n) is 5.02. The molecule has 1 fully saturated rings. The van der Waals surface area contributed by atoms with Crippen molar-refractivity contribution >= 4 is 25.6 Å². The number of benzene rings is 1. The summed E-state index contributed by atoms with van der Waals surface area (Å²) in [5.41, 5.74) is 0.895. The van der Waals surface area contributed by atoms with Crippen LogP contribution in [0, 0.1) is 0 Å². The first kappa shape index (κ1) is 16.3. The lowest BCUT2D eigenvalue weighted by molar-refractivity contribution is -0.121. The Morgan fingerprint density at radius 2 is 2.05 bits per heavy atom. The van der Waals surface area contributed by atoms with Crippen LogP contribution in [0.2, 0.25) is 0 Å². The van der Waals surface area contributed by atoms with E-state index in [-0.39, 0.29) is 16.9 Å². The Morgan fingerprint density at radius 1 is 1.33 bits per heavy atom. The van der Waals surface area contributed by atoms with Crippen LogP contribution in [0.15, 0.2) is 29.2 Å². The second kappa shape index (κ2) is 7.24. The maximum absolute atomic E-state index is 11.7. The van der Waals surface area contributed by atoms with Crippen molar-refractivity contribution in [3.63, 3.8) is 0 Å². The Hall–Kier alpha value is -1.11. The third-order valence-corrected chi connectivity index (χ3v) is 4.77. The number of ether oxygens (including phenoxy) is 1. The minimum Gasteiger partial charge on any atom is -0.376 e. The molecule has 1 atom stereocenters. The Balaban J connectivity index is 1.75. The van der Waals surface area contributed by atoms with E-state index in [0.717, 1.165) is 25.0 Å². The molecular weight excluding hydrogens is 314 g/mol. The molecule has 7 heteroatoms. The van der Waals surface area contributed by atoms with Crippen molar-refractivity contribution in [2.45, 2.75) is 36.7 Å². The van der Waals surface area contributed by atoms with Gasteiger partial charge < -0.3 is 10.1 Å². The summed E-state index contributed by atoms with van der Waals surface area (Å²) in [6, 6.07) is 6.23. The summed E-state index contributed by atoms with van der Waals surface area (Å²) < 4.78 is 27.6. The van der Waals surface area contributed by atoms with Crippen molar-refractivity contribution in [2.75, 3.05) is 13.2 Å². The standard InChI is InChI=1S/C14H18ClNO4S/c15-21(18,19)13-6-3-11(4-7-13)5-8-14(17)16-10-12-2-1-9-20-12/h3-4,6-7,12H,1-2,5,8-10H2,(H,16,17). The molecule has 1 aromatic rings. The van der Waals surface area contributed by atoms with Gasteiger partial charge in [-0.3, -0.25) is 4.79 Å². The van der Waals surface area contributed by atoms with Crippen molar-refractivity contribution in [2.24, 2.45) is 0 Å². The molecule has 0 saturated carbocycles. The third kappa shape index (κ3) is 5.30. The van der Waals surface area contributed by atoms with E-state index in [4.69, 9.17) is 15.4 Å². The summed E-state index contributed by atoms with van der Waals surface area (Å²) in [7, 11) is 1.55. The number of halogens is 1. The topological polar surface area (TPSA) is 72.5 Å². The Morgan fingerprint density at radius 3 is 2.62 bits per heavy atom. The fourth-order valence-electron chi connectivity index (χ4n) is 2.20. The van der Waals surface area contributed by atoms with Crippen LogP contribution in [0.3, 0.4) is 0 Å². The number of carbonyl (C=O) groups excluding carboxylic acids is 1. The first-order valence-corrected chi connectivity index (χ1v) is 9.18. The average Bonchev–Trinajstić information content (AvgIpc) is 2.95. The minimum atomic E-state index is -3.69. The van der Waals surface area contributed by atoms with Crippen LogP contribution in [0.25, 0.3) is 0 Å². The van der Waals surface area contributed by atoms with E-state index in [1.54, 1.807) is 12.1 Å². The summed E-state index contributed by atoms with van der Waals surface area (Å²) in [5.74, 6) is -0.0282. The first-order valence-electron chi connectivity index (χ1n) is 6.87. The van der Waals surface area contributed by atoms with Gasteiger partial charge in [-0.15, -0.1) is 0 Å². The summed E-state index contributed by atoms with van der Waals surface area (Å²) in [6.07, 6.45) is 3.10. The van der Waals surface area contributed by atoms with Crippen LogP contribution >= 0.6 is 10.7 Å². The van der Waals surface area contributed by atoms with Crippen LogP contribution in [-0.2, 0) is 25.0 Å².